The number of nitrogens with one attached hydrogen (secondary N) is 1. The summed E-state index contributed by atoms with van der Waals surface area (Å²) in [5.74, 6) is 3.09. The maximum Gasteiger partial charge on any atom is 0.254 e. The third-order valence-electron chi connectivity index (χ3n) is 2.41. The molecule has 0 saturated heterocycles. The Labute approximate surface area is 116 Å². The normalized spacial score (nSPS) is 11.2. The maximum atomic E-state index is 13.6. The van der Waals surface area contributed by atoms with Crippen LogP contribution in [0.25, 0.3) is 0 Å². The van der Waals surface area contributed by atoms with E-state index in [1.807, 2.05) is 0 Å². The summed E-state index contributed by atoms with van der Waals surface area (Å²) < 4.78 is 13.6. The standard InChI is InChI=1S/C14H15FN2O3/c1-9(7-13(16)19)17-14(20)11-8-10(3-2-6-18)4-5-12(11)15/h4-5,8-9,18H,6-7H2,1H3,(H2,16,19)(H,17,20). The second-order valence-electron chi connectivity index (χ2n) is 4.20. The van der Waals surface area contributed by atoms with Gasteiger partial charge in [-0.3, -0.25) is 9.59 Å². The van der Waals surface area contributed by atoms with Crippen molar-refractivity contribution in [2.45, 2.75) is 19.4 Å². The zero-order valence-corrected chi connectivity index (χ0v) is 10.9. The van der Waals surface area contributed by atoms with Gasteiger partial charge < -0.3 is 16.2 Å². The Morgan fingerprint density at radius 1 is 1.50 bits per heavy atom. The molecule has 0 aliphatic heterocycles. The number of aliphatic hydroxyl groups is 1. The van der Waals surface area contributed by atoms with E-state index in [0.29, 0.717) is 5.56 Å². The van der Waals surface area contributed by atoms with Gasteiger partial charge in [-0.2, -0.15) is 0 Å². The Morgan fingerprint density at radius 3 is 2.80 bits per heavy atom. The molecular formula is C14H15FN2O3. The molecule has 1 atom stereocenters. The molecule has 0 heterocycles. The molecule has 106 valence electrons. The summed E-state index contributed by atoms with van der Waals surface area (Å²) in [6.07, 6.45) is -0.0304. The number of benzene rings is 1. The molecule has 0 bridgehead atoms. The van der Waals surface area contributed by atoms with Gasteiger partial charge in [-0.1, -0.05) is 11.8 Å². The number of aliphatic hydroxyl groups excluding tert-OH is 1. The molecule has 0 aliphatic rings. The minimum Gasteiger partial charge on any atom is -0.384 e. The van der Waals surface area contributed by atoms with Gasteiger partial charge in [0.1, 0.15) is 12.4 Å². The second-order valence-corrected chi connectivity index (χ2v) is 4.20. The van der Waals surface area contributed by atoms with E-state index in [9.17, 15) is 14.0 Å². The molecule has 20 heavy (non-hydrogen) atoms. The van der Waals surface area contributed by atoms with Crippen molar-refractivity contribution < 1.29 is 19.1 Å². The van der Waals surface area contributed by atoms with Crippen molar-refractivity contribution >= 4 is 11.8 Å². The van der Waals surface area contributed by atoms with Gasteiger partial charge in [0.15, 0.2) is 0 Å². The lowest BCUT2D eigenvalue weighted by atomic mass is 10.1. The molecule has 4 N–H and O–H groups in total. The van der Waals surface area contributed by atoms with Gasteiger partial charge in [0.2, 0.25) is 5.91 Å². The average molecular weight is 278 g/mol. The summed E-state index contributed by atoms with van der Waals surface area (Å²) in [5.41, 5.74) is 5.25. The van der Waals surface area contributed by atoms with Crippen LogP contribution in [0.15, 0.2) is 18.2 Å². The van der Waals surface area contributed by atoms with Crippen molar-refractivity contribution in [3.63, 3.8) is 0 Å². The third-order valence-corrected chi connectivity index (χ3v) is 2.41. The molecule has 1 aromatic carbocycles. The van der Waals surface area contributed by atoms with E-state index in [0.717, 1.165) is 6.07 Å². The highest BCUT2D eigenvalue weighted by molar-refractivity contribution is 5.95. The zero-order chi connectivity index (χ0) is 15.1. The van der Waals surface area contributed by atoms with Crippen LogP contribution in [0.4, 0.5) is 4.39 Å². The number of hydrogen-bond acceptors (Lipinski definition) is 3. The molecule has 6 heteroatoms. The van der Waals surface area contributed by atoms with Crippen molar-refractivity contribution in [2.24, 2.45) is 5.73 Å². The van der Waals surface area contributed by atoms with E-state index in [1.165, 1.54) is 12.1 Å². The molecule has 1 unspecified atom stereocenters. The topological polar surface area (TPSA) is 92.4 Å². The number of primary amides is 1. The number of carbonyl (C=O) groups excluding carboxylic acids is 2. The summed E-state index contributed by atoms with van der Waals surface area (Å²) in [6, 6.07) is 3.31. The van der Waals surface area contributed by atoms with Crippen molar-refractivity contribution in [1.82, 2.24) is 5.32 Å². The molecule has 1 aromatic rings. The molecule has 2 amide bonds. The first-order valence-corrected chi connectivity index (χ1v) is 5.92. The summed E-state index contributed by atoms with van der Waals surface area (Å²) in [6.45, 7) is 1.27. The fraction of sp³-hybridized carbons (Fsp3) is 0.286. The monoisotopic (exact) mass is 278 g/mol. The predicted octanol–water partition coefficient (Wildman–Crippen LogP) is 0.163. The lowest BCUT2D eigenvalue weighted by Crippen LogP contribution is -2.36. The highest BCUT2D eigenvalue weighted by Gasteiger charge is 2.15. The lowest BCUT2D eigenvalue weighted by molar-refractivity contribution is -0.118. The first-order chi connectivity index (χ1) is 9.43. The first-order valence-electron chi connectivity index (χ1n) is 5.92. The van der Waals surface area contributed by atoms with Crippen LogP contribution in [0.5, 0.6) is 0 Å². The summed E-state index contributed by atoms with van der Waals surface area (Å²) in [7, 11) is 0. The van der Waals surface area contributed by atoms with E-state index >= 15 is 0 Å². The molecule has 0 aromatic heterocycles. The second kappa shape index (κ2) is 7.26. The number of rotatable bonds is 4. The van der Waals surface area contributed by atoms with E-state index in [4.69, 9.17) is 10.8 Å². The quantitative estimate of drug-likeness (QED) is 0.685. The van der Waals surface area contributed by atoms with Crippen LogP contribution in [0.3, 0.4) is 0 Å². The van der Waals surface area contributed by atoms with Gasteiger partial charge in [0, 0.05) is 18.0 Å². The molecule has 0 spiro atoms. The minimum atomic E-state index is -0.691. The number of amides is 2. The first kappa shape index (κ1) is 15.7. The summed E-state index contributed by atoms with van der Waals surface area (Å²) in [5, 5.41) is 11.1. The molecule has 0 saturated carbocycles. The van der Waals surface area contributed by atoms with Gasteiger partial charge >= 0.3 is 0 Å². The molecular weight excluding hydrogens is 263 g/mol. The molecule has 0 radical (unpaired) electrons. The van der Waals surface area contributed by atoms with Crippen LogP contribution >= 0.6 is 0 Å². The summed E-state index contributed by atoms with van der Waals surface area (Å²) in [4.78, 5) is 22.6. The van der Waals surface area contributed by atoms with E-state index in [2.05, 4.69) is 17.2 Å². The molecule has 0 fully saturated rings. The predicted molar refractivity (Wildman–Crippen MR) is 71.1 cm³/mol. The lowest BCUT2D eigenvalue weighted by Gasteiger charge is -2.12. The largest absolute Gasteiger partial charge is 0.384 e. The van der Waals surface area contributed by atoms with Gasteiger partial charge in [-0.05, 0) is 25.1 Å². The van der Waals surface area contributed by atoms with E-state index in [1.54, 1.807) is 6.92 Å². The highest BCUT2D eigenvalue weighted by atomic mass is 19.1. The summed E-state index contributed by atoms with van der Waals surface area (Å²) >= 11 is 0. The van der Waals surface area contributed by atoms with Gasteiger partial charge in [0.25, 0.3) is 5.91 Å². The van der Waals surface area contributed by atoms with E-state index in [-0.39, 0.29) is 18.6 Å². The fourth-order valence-electron chi connectivity index (χ4n) is 1.57. The van der Waals surface area contributed by atoms with Crippen molar-refractivity contribution in [3.05, 3.63) is 35.1 Å². The maximum absolute atomic E-state index is 13.6. The Hall–Kier alpha value is -2.39. The van der Waals surface area contributed by atoms with Crippen LogP contribution in [-0.2, 0) is 4.79 Å². The fourth-order valence-corrected chi connectivity index (χ4v) is 1.57. The minimum absolute atomic E-state index is 0.0304. The number of hydrogen-bond donors (Lipinski definition) is 3. The van der Waals surface area contributed by atoms with Gasteiger partial charge in [-0.15, -0.1) is 0 Å². The molecule has 5 nitrogen and oxygen atoms in total. The SMILES string of the molecule is CC(CC(N)=O)NC(=O)c1cc(C#CCO)ccc1F. The Morgan fingerprint density at radius 2 is 2.20 bits per heavy atom. The van der Waals surface area contributed by atoms with Crippen LogP contribution in [-0.4, -0.2) is 29.6 Å². The third kappa shape index (κ3) is 4.71. The van der Waals surface area contributed by atoms with Crippen LogP contribution in [0.2, 0.25) is 0 Å². The highest BCUT2D eigenvalue weighted by Crippen LogP contribution is 2.10. The zero-order valence-electron chi connectivity index (χ0n) is 10.9. The van der Waals surface area contributed by atoms with Crippen LogP contribution in [0.1, 0.15) is 29.3 Å². The van der Waals surface area contributed by atoms with E-state index < -0.39 is 23.7 Å². The van der Waals surface area contributed by atoms with Crippen molar-refractivity contribution in [2.75, 3.05) is 6.61 Å². The number of halogens is 1. The number of carbonyl (C=O) groups is 2. The molecule has 0 aliphatic carbocycles. The van der Waals surface area contributed by atoms with Crippen LogP contribution in [0, 0.1) is 17.7 Å². The van der Waals surface area contributed by atoms with Gasteiger partial charge in [-0.25, -0.2) is 4.39 Å². The smallest absolute Gasteiger partial charge is 0.254 e. The Balaban J connectivity index is 2.89. The van der Waals surface area contributed by atoms with Crippen molar-refractivity contribution in [3.8, 4) is 11.8 Å². The Kier molecular flexibility index (Phi) is 5.69. The van der Waals surface area contributed by atoms with Gasteiger partial charge in [0.05, 0.1) is 5.56 Å². The molecule has 1 rings (SSSR count). The number of nitrogens with two attached hydrogens (primary N) is 1. The van der Waals surface area contributed by atoms with Crippen LogP contribution < -0.4 is 11.1 Å². The van der Waals surface area contributed by atoms with Crippen molar-refractivity contribution in [1.29, 1.82) is 0 Å². The Bertz CT molecular complexity index is 576. The average Bonchev–Trinajstić information content (AvgIpc) is 2.36.